The average molecular weight is 422 g/mol. The predicted octanol–water partition coefficient (Wildman–Crippen LogP) is 6.18. The van der Waals surface area contributed by atoms with Gasteiger partial charge in [0, 0.05) is 5.02 Å². The summed E-state index contributed by atoms with van der Waals surface area (Å²) in [5.41, 5.74) is 9.63. The predicted molar refractivity (Wildman–Crippen MR) is 107 cm³/mol. The third-order valence-electron chi connectivity index (χ3n) is 3.42. The first kappa shape index (κ1) is 17.0. The Morgan fingerprint density at radius 2 is 1.75 bits per heavy atom. The van der Waals surface area contributed by atoms with Crippen LogP contribution in [0.1, 0.15) is 0 Å². The Balaban J connectivity index is 1.86. The number of halogens is 2. The van der Waals surface area contributed by atoms with E-state index in [4.69, 9.17) is 17.3 Å². The normalized spacial score (nSPS) is 10.6. The maximum Gasteiger partial charge on any atom is 0.145 e. The fourth-order valence-corrected chi connectivity index (χ4v) is 3.98. The third-order valence-corrected chi connectivity index (χ3v) is 5.10. The van der Waals surface area contributed by atoms with Crippen LogP contribution in [0.25, 0.3) is 11.1 Å². The van der Waals surface area contributed by atoms with Crippen molar-refractivity contribution >= 4 is 50.9 Å². The SMILES string of the molecule is Nc1ccc(-c2ccccc2)cc1NSc1cc(Cl)cc(Br)c1O. The standard InChI is InChI=1S/C18H14BrClN2OS/c19-14-9-13(20)10-17(18(14)23)24-22-16-8-12(6-7-15(16)21)11-4-2-1-3-5-11/h1-10,22-23H,21H2. The maximum atomic E-state index is 10.1. The van der Waals surface area contributed by atoms with E-state index in [1.165, 1.54) is 11.9 Å². The van der Waals surface area contributed by atoms with Crippen LogP contribution in [0.2, 0.25) is 5.02 Å². The van der Waals surface area contributed by atoms with E-state index in [1.54, 1.807) is 12.1 Å². The van der Waals surface area contributed by atoms with E-state index in [9.17, 15) is 5.11 Å². The lowest BCUT2D eigenvalue weighted by Crippen LogP contribution is -1.95. The van der Waals surface area contributed by atoms with Crippen molar-refractivity contribution in [2.24, 2.45) is 0 Å². The number of phenols is 1. The average Bonchev–Trinajstić information content (AvgIpc) is 2.59. The second-order valence-corrected chi connectivity index (χ2v) is 7.25. The minimum atomic E-state index is 0.134. The molecule has 3 aromatic carbocycles. The first-order valence-electron chi connectivity index (χ1n) is 7.10. The van der Waals surface area contributed by atoms with Crippen molar-refractivity contribution in [1.29, 1.82) is 0 Å². The number of nitrogens with one attached hydrogen (secondary N) is 1. The van der Waals surface area contributed by atoms with Gasteiger partial charge in [-0.15, -0.1) is 0 Å². The molecular weight excluding hydrogens is 408 g/mol. The van der Waals surface area contributed by atoms with Crippen molar-refractivity contribution in [2.45, 2.75) is 4.90 Å². The molecule has 0 aliphatic carbocycles. The summed E-state index contributed by atoms with van der Waals surface area (Å²) >= 11 is 10.6. The van der Waals surface area contributed by atoms with Crippen molar-refractivity contribution < 1.29 is 5.11 Å². The van der Waals surface area contributed by atoms with Gasteiger partial charge in [-0.1, -0.05) is 48.0 Å². The largest absolute Gasteiger partial charge is 0.506 e. The Morgan fingerprint density at radius 3 is 2.50 bits per heavy atom. The van der Waals surface area contributed by atoms with Crippen LogP contribution in [0.3, 0.4) is 0 Å². The summed E-state index contributed by atoms with van der Waals surface area (Å²) in [5, 5.41) is 10.6. The molecule has 3 rings (SSSR count). The van der Waals surface area contributed by atoms with E-state index in [1.807, 2.05) is 48.5 Å². The zero-order valence-corrected chi connectivity index (χ0v) is 15.6. The molecule has 0 fully saturated rings. The van der Waals surface area contributed by atoms with Crippen LogP contribution < -0.4 is 10.5 Å². The molecule has 3 nitrogen and oxygen atoms in total. The zero-order chi connectivity index (χ0) is 17.1. The van der Waals surface area contributed by atoms with Crippen LogP contribution in [-0.4, -0.2) is 5.11 Å². The Labute approximate surface area is 158 Å². The molecule has 6 heteroatoms. The van der Waals surface area contributed by atoms with Gasteiger partial charge in [-0.2, -0.15) is 0 Å². The highest BCUT2D eigenvalue weighted by Crippen LogP contribution is 2.39. The molecule has 0 saturated heterocycles. The molecular formula is C18H14BrClN2OS. The molecule has 0 atom stereocenters. The second kappa shape index (κ2) is 7.38. The fourth-order valence-electron chi connectivity index (χ4n) is 2.18. The van der Waals surface area contributed by atoms with Gasteiger partial charge in [0.1, 0.15) is 5.75 Å². The molecule has 3 aromatic rings. The summed E-state index contributed by atoms with van der Waals surface area (Å²) < 4.78 is 3.73. The molecule has 122 valence electrons. The quantitative estimate of drug-likeness (QED) is 0.348. The zero-order valence-electron chi connectivity index (χ0n) is 12.5. The van der Waals surface area contributed by atoms with Crippen molar-refractivity contribution in [3.63, 3.8) is 0 Å². The molecule has 24 heavy (non-hydrogen) atoms. The number of rotatable bonds is 4. The van der Waals surface area contributed by atoms with Crippen LogP contribution >= 0.6 is 39.5 Å². The van der Waals surface area contributed by atoms with Crippen molar-refractivity contribution in [3.05, 3.63) is 70.2 Å². The van der Waals surface area contributed by atoms with Gasteiger partial charge in [0.05, 0.1) is 20.7 Å². The number of anilines is 2. The number of benzene rings is 3. The number of nitrogens with two attached hydrogens (primary N) is 1. The summed E-state index contributed by atoms with van der Waals surface area (Å²) in [7, 11) is 0. The smallest absolute Gasteiger partial charge is 0.145 e. The van der Waals surface area contributed by atoms with Crippen molar-refractivity contribution in [1.82, 2.24) is 0 Å². The van der Waals surface area contributed by atoms with Gasteiger partial charge in [0.25, 0.3) is 0 Å². The highest BCUT2D eigenvalue weighted by molar-refractivity contribution is 9.10. The van der Waals surface area contributed by atoms with E-state index in [0.29, 0.717) is 20.1 Å². The van der Waals surface area contributed by atoms with Crippen LogP contribution in [0.15, 0.2) is 70.0 Å². The maximum absolute atomic E-state index is 10.1. The van der Waals surface area contributed by atoms with E-state index in [0.717, 1.165) is 16.8 Å². The lowest BCUT2D eigenvalue weighted by molar-refractivity contribution is 0.459. The number of phenolic OH excluding ortho intramolecular Hbond substituents is 1. The molecule has 0 bridgehead atoms. The summed E-state index contributed by atoms with van der Waals surface area (Å²) in [4.78, 5) is 0.610. The van der Waals surface area contributed by atoms with Gasteiger partial charge in [0.2, 0.25) is 0 Å². The van der Waals surface area contributed by atoms with Crippen LogP contribution in [-0.2, 0) is 0 Å². The number of hydrogen-bond donors (Lipinski definition) is 3. The molecule has 0 aliphatic heterocycles. The number of nitrogen functional groups attached to an aromatic ring is 1. The molecule has 0 aliphatic rings. The van der Waals surface area contributed by atoms with Crippen LogP contribution in [0.5, 0.6) is 5.75 Å². The highest BCUT2D eigenvalue weighted by atomic mass is 79.9. The number of hydrogen-bond acceptors (Lipinski definition) is 4. The number of aromatic hydroxyl groups is 1. The molecule has 0 spiro atoms. The monoisotopic (exact) mass is 420 g/mol. The molecule has 0 unspecified atom stereocenters. The fraction of sp³-hybridized carbons (Fsp3) is 0. The van der Waals surface area contributed by atoms with Crippen molar-refractivity contribution in [3.8, 4) is 16.9 Å². The lowest BCUT2D eigenvalue weighted by Gasteiger charge is -2.12. The minimum absolute atomic E-state index is 0.134. The summed E-state index contributed by atoms with van der Waals surface area (Å²) in [6.45, 7) is 0. The van der Waals surface area contributed by atoms with Gasteiger partial charge in [0.15, 0.2) is 0 Å². The van der Waals surface area contributed by atoms with Gasteiger partial charge < -0.3 is 15.6 Å². The summed E-state index contributed by atoms with van der Waals surface area (Å²) in [5.74, 6) is 0.134. The van der Waals surface area contributed by atoms with Crippen LogP contribution in [0, 0.1) is 0 Å². The second-order valence-electron chi connectivity index (χ2n) is 5.11. The van der Waals surface area contributed by atoms with Gasteiger partial charge in [-0.05, 0) is 63.3 Å². The first-order valence-corrected chi connectivity index (χ1v) is 9.09. The summed E-state index contributed by atoms with van der Waals surface area (Å²) in [6, 6.07) is 19.2. The molecule has 0 saturated carbocycles. The van der Waals surface area contributed by atoms with Gasteiger partial charge in [-0.25, -0.2) is 0 Å². The molecule has 4 N–H and O–H groups in total. The van der Waals surface area contributed by atoms with E-state index in [2.05, 4.69) is 20.7 Å². The van der Waals surface area contributed by atoms with Crippen LogP contribution in [0.4, 0.5) is 11.4 Å². The first-order chi connectivity index (χ1) is 11.5. The Kier molecular flexibility index (Phi) is 5.23. The van der Waals surface area contributed by atoms with Gasteiger partial charge >= 0.3 is 0 Å². The molecule has 0 aromatic heterocycles. The highest BCUT2D eigenvalue weighted by Gasteiger charge is 2.10. The topological polar surface area (TPSA) is 58.3 Å². The van der Waals surface area contributed by atoms with Gasteiger partial charge in [-0.3, -0.25) is 0 Å². The Bertz CT molecular complexity index is 874. The summed E-state index contributed by atoms with van der Waals surface area (Å²) in [6.07, 6.45) is 0. The Hall–Kier alpha value is -1.82. The lowest BCUT2D eigenvalue weighted by atomic mass is 10.0. The molecule has 0 radical (unpaired) electrons. The van der Waals surface area contributed by atoms with E-state index in [-0.39, 0.29) is 5.75 Å². The van der Waals surface area contributed by atoms with Crippen molar-refractivity contribution in [2.75, 3.05) is 10.5 Å². The Morgan fingerprint density at radius 1 is 1.00 bits per heavy atom. The van der Waals surface area contributed by atoms with E-state index >= 15 is 0 Å². The van der Waals surface area contributed by atoms with E-state index < -0.39 is 0 Å². The molecule has 0 amide bonds. The third kappa shape index (κ3) is 3.80. The minimum Gasteiger partial charge on any atom is -0.506 e. The molecule has 0 heterocycles.